The smallest absolute Gasteiger partial charge is 0.150 e. The predicted molar refractivity (Wildman–Crippen MR) is 115 cm³/mol. The zero-order valence-corrected chi connectivity index (χ0v) is 16.6. The van der Waals surface area contributed by atoms with Gasteiger partial charge in [-0.1, -0.05) is 24.3 Å². The van der Waals surface area contributed by atoms with E-state index in [4.69, 9.17) is 4.74 Å². The van der Waals surface area contributed by atoms with Gasteiger partial charge in [-0.15, -0.1) is 0 Å². The highest BCUT2D eigenvalue weighted by molar-refractivity contribution is 7.08. The quantitative estimate of drug-likeness (QED) is 0.328. The van der Waals surface area contributed by atoms with Crippen molar-refractivity contribution in [2.45, 2.75) is 26.7 Å². The first-order chi connectivity index (χ1) is 13.2. The van der Waals surface area contributed by atoms with E-state index in [1.54, 1.807) is 23.5 Å². The standard InChI is InChI=1S/C24H24O2S/c1-18-5-6-21(14-19(18)2)15-22(23-11-13-27-17-23)4-3-12-26-24-9-7-20(16-25)8-10-24/h5-11,13-17H,3-4,12H2,1-2H3/b22-15+. The molecule has 0 amide bonds. The van der Waals surface area contributed by atoms with Gasteiger partial charge in [-0.2, -0.15) is 11.3 Å². The molecular weight excluding hydrogens is 352 g/mol. The van der Waals surface area contributed by atoms with Gasteiger partial charge >= 0.3 is 0 Å². The molecule has 1 aromatic heterocycles. The van der Waals surface area contributed by atoms with Gasteiger partial charge in [-0.25, -0.2) is 0 Å². The predicted octanol–water partition coefficient (Wildman–Crippen LogP) is 6.58. The van der Waals surface area contributed by atoms with E-state index in [0.29, 0.717) is 12.2 Å². The van der Waals surface area contributed by atoms with Crippen molar-refractivity contribution in [2.24, 2.45) is 0 Å². The summed E-state index contributed by atoms with van der Waals surface area (Å²) in [6.07, 6.45) is 5.01. The number of ether oxygens (including phenoxy) is 1. The summed E-state index contributed by atoms with van der Waals surface area (Å²) in [6.45, 7) is 4.94. The van der Waals surface area contributed by atoms with Gasteiger partial charge in [0.1, 0.15) is 12.0 Å². The van der Waals surface area contributed by atoms with Crippen LogP contribution in [0.4, 0.5) is 0 Å². The van der Waals surface area contributed by atoms with E-state index >= 15 is 0 Å². The van der Waals surface area contributed by atoms with Gasteiger partial charge in [-0.3, -0.25) is 4.79 Å². The molecule has 0 aliphatic heterocycles. The Bertz CT molecular complexity index is 906. The van der Waals surface area contributed by atoms with Crippen LogP contribution in [-0.4, -0.2) is 12.9 Å². The minimum Gasteiger partial charge on any atom is -0.494 e. The van der Waals surface area contributed by atoms with Gasteiger partial charge in [0, 0.05) is 5.56 Å². The second-order valence-corrected chi connectivity index (χ2v) is 7.44. The molecule has 27 heavy (non-hydrogen) atoms. The molecule has 0 radical (unpaired) electrons. The topological polar surface area (TPSA) is 26.3 Å². The lowest BCUT2D eigenvalue weighted by Gasteiger charge is -2.09. The molecule has 1 heterocycles. The summed E-state index contributed by atoms with van der Waals surface area (Å²) >= 11 is 1.72. The SMILES string of the molecule is Cc1ccc(/C=C(\CCCOc2ccc(C=O)cc2)c2ccsc2)cc1C. The number of hydrogen-bond donors (Lipinski definition) is 0. The molecule has 0 fully saturated rings. The zero-order valence-electron chi connectivity index (χ0n) is 15.8. The fourth-order valence-corrected chi connectivity index (χ4v) is 3.58. The Labute approximate surface area is 165 Å². The summed E-state index contributed by atoms with van der Waals surface area (Å²) in [4.78, 5) is 10.7. The number of rotatable bonds is 8. The first kappa shape index (κ1) is 19.1. The zero-order chi connectivity index (χ0) is 19.1. The molecule has 0 saturated carbocycles. The van der Waals surface area contributed by atoms with Gasteiger partial charge < -0.3 is 4.74 Å². The summed E-state index contributed by atoms with van der Waals surface area (Å²) in [5.74, 6) is 0.802. The van der Waals surface area contributed by atoms with Crippen LogP contribution in [-0.2, 0) is 0 Å². The van der Waals surface area contributed by atoms with E-state index in [9.17, 15) is 4.79 Å². The minimum absolute atomic E-state index is 0.648. The first-order valence-electron chi connectivity index (χ1n) is 9.14. The highest BCUT2D eigenvalue weighted by Gasteiger charge is 2.05. The fraction of sp³-hybridized carbons (Fsp3) is 0.208. The summed E-state index contributed by atoms with van der Waals surface area (Å²) in [6, 6.07) is 16.0. The van der Waals surface area contributed by atoms with Crippen molar-refractivity contribution in [2.75, 3.05) is 6.61 Å². The summed E-state index contributed by atoms with van der Waals surface area (Å²) in [5.41, 5.74) is 7.16. The van der Waals surface area contributed by atoms with Crippen molar-refractivity contribution in [3.05, 3.63) is 87.1 Å². The molecule has 0 aliphatic rings. The lowest BCUT2D eigenvalue weighted by Crippen LogP contribution is -1.98. The molecule has 0 aliphatic carbocycles. The number of benzene rings is 2. The van der Waals surface area contributed by atoms with Crippen molar-refractivity contribution < 1.29 is 9.53 Å². The van der Waals surface area contributed by atoms with Crippen LogP contribution in [0.15, 0.2) is 59.3 Å². The number of allylic oxidation sites excluding steroid dienone is 1. The van der Waals surface area contributed by atoms with E-state index in [1.807, 2.05) is 12.1 Å². The molecule has 0 saturated heterocycles. The van der Waals surface area contributed by atoms with Crippen molar-refractivity contribution in [1.29, 1.82) is 0 Å². The van der Waals surface area contributed by atoms with E-state index in [2.05, 4.69) is 54.9 Å². The normalized spacial score (nSPS) is 11.4. The molecule has 3 aromatic rings. The van der Waals surface area contributed by atoms with Crippen LogP contribution >= 0.6 is 11.3 Å². The van der Waals surface area contributed by atoms with Gasteiger partial charge in [0.2, 0.25) is 0 Å². The Morgan fingerprint density at radius 2 is 1.78 bits per heavy atom. The van der Waals surface area contributed by atoms with E-state index in [0.717, 1.165) is 24.9 Å². The van der Waals surface area contributed by atoms with Crippen molar-refractivity contribution in [3.8, 4) is 5.75 Å². The maximum Gasteiger partial charge on any atom is 0.150 e. The largest absolute Gasteiger partial charge is 0.494 e. The van der Waals surface area contributed by atoms with Crippen LogP contribution in [0.1, 0.15) is 45.5 Å². The molecule has 3 rings (SSSR count). The average Bonchev–Trinajstić information content (AvgIpc) is 3.22. The number of hydrogen-bond acceptors (Lipinski definition) is 3. The van der Waals surface area contributed by atoms with Gasteiger partial charge in [-0.05, 0) is 95.6 Å². The number of carbonyl (C=O) groups excluding carboxylic acids is 1. The number of carbonyl (C=O) groups is 1. The molecule has 0 bridgehead atoms. The molecule has 2 nitrogen and oxygen atoms in total. The molecule has 138 valence electrons. The summed E-state index contributed by atoms with van der Waals surface area (Å²) in [5, 5.41) is 4.32. The molecule has 3 heteroatoms. The van der Waals surface area contributed by atoms with E-state index in [-0.39, 0.29) is 0 Å². The maximum absolute atomic E-state index is 10.7. The lowest BCUT2D eigenvalue weighted by atomic mass is 9.99. The van der Waals surface area contributed by atoms with Crippen LogP contribution in [0.25, 0.3) is 11.6 Å². The molecule has 0 atom stereocenters. The number of aryl methyl sites for hydroxylation is 2. The number of aldehydes is 1. The Morgan fingerprint density at radius 1 is 1.00 bits per heavy atom. The van der Waals surface area contributed by atoms with Crippen LogP contribution in [0.2, 0.25) is 0 Å². The Balaban J connectivity index is 1.64. The third kappa shape index (κ3) is 5.41. The molecule has 2 aromatic carbocycles. The molecular formula is C24H24O2S. The summed E-state index contributed by atoms with van der Waals surface area (Å²) < 4.78 is 5.82. The van der Waals surface area contributed by atoms with Crippen LogP contribution in [0, 0.1) is 13.8 Å². The third-order valence-electron chi connectivity index (χ3n) is 4.64. The number of thiophene rings is 1. The molecule has 0 unspecified atom stereocenters. The van der Waals surface area contributed by atoms with Crippen LogP contribution in [0.5, 0.6) is 5.75 Å². The Hall–Kier alpha value is -2.65. The first-order valence-corrected chi connectivity index (χ1v) is 10.1. The van der Waals surface area contributed by atoms with Gasteiger partial charge in [0.15, 0.2) is 0 Å². The van der Waals surface area contributed by atoms with E-state index in [1.165, 1.54) is 27.8 Å². The monoisotopic (exact) mass is 376 g/mol. The second-order valence-electron chi connectivity index (χ2n) is 6.66. The lowest BCUT2D eigenvalue weighted by molar-refractivity contribution is 0.112. The van der Waals surface area contributed by atoms with Gasteiger partial charge in [0.05, 0.1) is 6.61 Å². The average molecular weight is 377 g/mol. The highest BCUT2D eigenvalue weighted by Crippen LogP contribution is 2.26. The third-order valence-corrected chi connectivity index (χ3v) is 5.32. The Morgan fingerprint density at radius 3 is 2.44 bits per heavy atom. The van der Waals surface area contributed by atoms with Crippen molar-refractivity contribution in [3.63, 3.8) is 0 Å². The second kappa shape index (κ2) is 9.33. The molecule has 0 spiro atoms. The van der Waals surface area contributed by atoms with Gasteiger partial charge in [0.25, 0.3) is 0 Å². The molecule has 0 N–H and O–H groups in total. The maximum atomic E-state index is 10.7. The van der Waals surface area contributed by atoms with Crippen LogP contribution in [0.3, 0.4) is 0 Å². The van der Waals surface area contributed by atoms with E-state index < -0.39 is 0 Å². The highest BCUT2D eigenvalue weighted by atomic mass is 32.1. The van der Waals surface area contributed by atoms with Crippen molar-refractivity contribution >= 4 is 29.3 Å². The van der Waals surface area contributed by atoms with Crippen LogP contribution < -0.4 is 4.74 Å². The van der Waals surface area contributed by atoms with Crippen molar-refractivity contribution in [1.82, 2.24) is 0 Å². The summed E-state index contributed by atoms with van der Waals surface area (Å²) in [7, 11) is 0. The fourth-order valence-electron chi connectivity index (χ4n) is 2.90. The minimum atomic E-state index is 0.648. The Kier molecular flexibility index (Phi) is 6.61.